The number of rotatable bonds is 5. The van der Waals surface area contributed by atoms with E-state index in [2.05, 4.69) is 47.8 Å². The van der Waals surface area contributed by atoms with Gasteiger partial charge in [0.15, 0.2) is 5.65 Å². The fourth-order valence-electron chi connectivity index (χ4n) is 4.13. The van der Waals surface area contributed by atoms with Crippen molar-refractivity contribution in [2.75, 3.05) is 18.6 Å². The van der Waals surface area contributed by atoms with Gasteiger partial charge in [-0.05, 0) is 43.4 Å². The monoisotopic (exact) mass is 533 g/mol. The summed E-state index contributed by atoms with van der Waals surface area (Å²) in [6.45, 7) is 4.29. The van der Waals surface area contributed by atoms with Crippen LogP contribution in [0, 0.1) is 23.7 Å². The molecule has 7 nitrogen and oxygen atoms in total. The minimum absolute atomic E-state index is 0.202. The molecule has 1 aliphatic carbocycles. The number of anilines is 1. The Morgan fingerprint density at radius 1 is 1.20 bits per heavy atom. The molecular weight excluding hydrogens is 513 g/mol. The summed E-state index contributed by atoms with van der Waals surface area (Å²) in [5.41, 5.74) is 3.85. The highest BCUT2D eigenvalue weighted by Crippen LogP contribution is 2.44. The van der Waals surface area contributed by atoms with Gasteiger partial charge in [-0.2, -0.15) is 0 Å². The number of fused-ring (bicyclic) bond motifs is 1. The van der Waals surface area contributed by atoms with Gasteiger partial charge < -0.3 is 9.64 Å². The standard InChI is InChI=1S/C20H19IN4O2S.CHN/c1-27-18-10-13(4-7-22-18)17-11-15-16(5-8-23-19(15)25(17)28-21)24-9-6-14(20(24)26)12-2-3-12;1-2/h4-5,7-8,10-12,14H,2-3,6,9H2,1H3;1H. The highest BCUT2D eigenvalue weighted by atomic mass is 127. The fourth-order valence-corrected chi connectivity index (χ4v) is 5.76. The number of nitriles is 1. The van der Waals surface area contributed by atoms with Crippen LogP contribution in [0.4, 0.5) is 5.69 Å². The minimum atomic E-state index is 0.202. The number of carbonyl (C=O) groups is 1. The highest BCUT2D eigenvalue weighted by molar-refractivity contribution is 14.2. The van der Waals surface area contributed by atoms with Crippen molar-refractivity contribution in [2.24, 2.45) is 11.8 Å². The zero-order valence-electron chi connectivity index (χ0n) is 16.4. The molecule has 1 atom stereocenters. The van der Waals surface area contributed by atoms with Gasteiger partial charge >= 0.3 is 0 Å². The zero-order chi connectivity index (χ0) is 21.3. The number of carbonyl (C=O) groups excluding carboxylic acids is 1. The molecule has 1 saturated heterocycles. The van der Waals surface area contributed by atoms with E-state index in [0.29, 0.717) is 11.8 Å². The third-order valence-electron chi connectivity index (χ3n) is 5.68. The first-order chi connectivity index (χ1) is 14.7. The average Bonchev–Trinajstić information content (AvgIpc) is 3.46. The van der Waals surface area contributed by atoms with Crippen molar-refractivity contribution >= 4 is 53.0 Å². The molecular formula is C21H20IN5O2S. The third kappa shape index (κ3) is 3.63. The number of hydrogen-bond acceptors (Lipinski definition) is 6. The second-order valence-electron chi connectivity index (χ2n) is 7.27. The molecule has 3 aromatic rings. The molecule has 154 valence electrons. The number of pyridine rings is 2. The van der Waals surface area contributed by atoms with E-state index in [1.807, 2.05) is 23.1 Å². The Kier molecular flexibility index (Phi) is 6.15. The van der Waals surface area contributed by atoms with E-state index >= 15 is 0 Å². The molecule has 2 fully saturated rings. The van der Waals surface area contributed by atoms with E-state index in [4.69, 9.17) is 10.00 Å². The van der Waals surface area contributed by atoms with E-state index in [-0.39, 0.29) is 11.8 Å². The van der Waals surface area contributed by atoms with Crippen LogP contribution < -0.4 is 9.64 Å². The first-order valence-electron chi connectivity index (χ1n) is 9.58. The molecule has 30 heavy (non-hydrogen) atoms. The number of methoxy groups -OCH3 is 1. The van der Waals surface area contributed by atoms with Crippen molar-refractivity contribution in [3.05, 3.63) is 36.7 Å². The van der Waals surface area contributed by atoms with Crippen LogP contribution in [0.1, 0.15) is 19.3 Å². The average molecular weight is 533 g/mol. The molecule has 1 amide bonds. The van der Waals surface area contributed by atoms with Gasteiger partial charge in [-0.3, -0.25) is 8.77 Å². The maximum Gasteiger partial charge on any atom is 0.230 e. The second kappa shape index (κ2) is 8.81. The number of nitrogens with zero attached hydrogens (tertiary/aromatic N) is 5. The molecule has 0 aromatic carbocycles. The van der Waals surface area contributed by atoms with Gasteiger partial charge in [0.25, 0.3) is 0 Å². The summed E-state index contributed by atoms with van der Waals surface area (Å²) in [5, 5.41) is 7.50. The summed E-state index contributed by atoms with van der Waals surface area (Å²) >= 11 is 2.26. The van der Waals surface area contributed by atoms with Gasteiger partial charge in [0, 0.05) is 78.8 Å². The fraction of sp³-hybridized carbons (Fsp3) is 0.333. The van der Waals surface area contributed by atoms with Crippen LogP contribution in [0.3, 0.4) is 0 Å². The maximum atomic E-state index is 13.0. The SMILES string of the molecule is C#N.COc1cc(-c2cc3c(N4CCC(C5CC5)C4=O)ccnc3n2SI)ccn1. The Bertz CT molecular complexity index is 1110. The molecule has 1 unspecified atom stereocenters. The molecule has 0 N–H and O–H groups in total. The van der Waals surface area contributed by atoms with E-state index in [1.165, 1.54) is 12.8 Å². The van der Waals surface area contributed by atoms with Crippen LogP contribution in [-0.4, -0.2) is 33.5 Å². The van der Waals surface area contributed by atoms with Crippen LogP contribution in [0.2, 0.25) is 0 Å². The Hall–Kier alpha value is -2.32. The van der Waals surface area contributed by atoms with Crippen LogP contribution in [0.5, 0.6) is 5.88 Å². The summed E-state index contributed by atoms with van der Waals surface area (Å²) in [4.78, 5) is 23.8. The molecule has 5 rings (SSSR count). The van der Waals surface area contributed by atoms with Crippen LogP contribution in [0.15, 0.2) is 36.7 Å². The Morgan fingerprint density at radius 2 is 1.97 bits per heavy atom. The number of ether oxygens (including phenoxy) is 1. The van der Waals surface area contributed by atoms with E-state index in [9.17, 15) is 4.79 Å². The Morgan fingerprint density at radius 3 is 2.67 bits per heavy atom. The van der Waals surface area contributed by atoms with Gasteiger partial charge in [0.2, 0.25) is 11.8 Å². The van der Waals surface area contributed by atoms with Crippen molar-refractivity contribution in [2.45, 2.75) is 19.3 Å². The Balaban J connectivity index is 0.00000106. The van der Waals surface area contributed by atoms with Gasteiger partial charge in [-0.1, -0.05) is 0 Å². The molecule has 2 aliphatic rings. The molecule has 1 aliphatic heterocycles. The largest absolute Gasteiger partial charge is 0.481 e. The summed E-state index contributed by atoms with van der Waals surface area (Å²) in [5.74, 6) is 1.65. The van der Waals surface area contributed by atoms with Gasteiger partial charge in [-0.25, -0.2) is 15.2 Å². The Labute approximate surface area is 191 Å². The summed E-state index contributed by atoms with van der Waals surface area (Å²) < 4.78 is 7.38. The van der Waals surface area contributed by atoms with Crippen molar-refractivity contribution in [1.29, 1.82) is 5.26 Å². The summed E-state index contributed by atoms with van der Waals surface area (Å²) in [6, 6.07) is 7.97. The summed E-state index contributed by atoms with van der Waals surface area (Å²) in [6.07, 6.45) is 6.91. The van der Waals surface area contributed by atoms with Crippen molar-refractivity contribution in [3.8, 4) is 23.7 Å². The summed E-state index contributed by atoms with van der Waals surface area (Å²) in [7, 11) is 3.18. The van der Waals surface area contributed by atoms with Crippen molar-refractivity contribution in [3.63, 3.8) is 0 Å². The number of amides is 1. The van der Waals surface area contributed by atoms with Gasteiger partial charge in [-0.15, -0.1) is 0 Å². The van der Waals surface area contributed by atoms with Gasteiger partial charge in [0.1, 0.15) is 0 Å². The predicted octanol–water partition coefficient (Wildman–Crippen LogP) is 4.86. The highest BCUT2D eigenvalue weighted by Gasteiger charge is 2.43. The minimum Gasteiger partial charge on any atom is -0.481 e. The smallest absolute Gasteiger partial charge is 0.230 e. The van der Waals surface area contributed by atoms with Crippen LogP contribution in [0.25, 0.3) is 22.3 Å². The van der Waals surface area contributed by atoms with E-state index in [0.717, 1.165) is 40.9 Å². The topological polar surface area (TPSA) is 84.0 Å². The molecule has 0 spiro atoms. The van der Waals surface area contributed by atoms with Crippen LogP contribution in [-0.2, 0) is 4.79 Å². The van der Waals surface area contributed by atoms with Crippen molar-refractivity contribution in [1.82, 2.24) is 13.9 Å². The quantitative estimate of drug-likeness (QED) is 0.436. The lowest BCUT2D eigenvalue weighted by atomic mass is 10.0. The lowest BCUT2D eigenvalue weighted by Crippen LogP contribution is -2.27. The molecule has 0 bridgehead atoms. The second-order valence-corrected chi connectivity index (χ2v) is 8.95. The number of halogens is 1. The van der Waals surface area contributed by atoms with Crippen molar-refractivity contribution < 1.29 is 9.53 Å². The number of aromatic nitrogens is 3. The third-order valence-corrected chi connectivity index (χ3v) is 7.37. The maximum absolute atomic E-state index is 13.0. The first kappa shape index (κ1) is 20.9. The first-order valence-corrected chi connectivity index (χ1v) is 12.9. The molecule has 1 saturated carbocycles. The van der Waals surface area contributed by atoms with E-state index in [1.54, 1.807) is 28.6 Å². The molecule has 4 heterocycles. The van der Waals surface area contributed by atoms with Gasteiger partial charge in [0.05, 0.1) is 18.5 Å². The zero-order valence-corrected chi connectivity index (χ0v) is 19.3. The molecule has 9 heteroatoms. The lowest BCUT2D eigenvalue weighted by Gasteiger charge is -2.17. The van der Waals surface area contributed by atoms with Crippen LogP contribution >= 0.6 is 30.3 Å². The van der Waals surface area contributed by atoms with E-state index < -0.39 is 0 Å². The lowest BCUT2D eigenvalue weighted by molar-refractivity contribution is -0.120. The normalized spacial score (nSPS) is 18.3. The molecule has 0 radical (unpaired) electrons. The number of hydrogen-bond donors (Lipinski definition) is 0. The molecule has 3 aromatic heterocycles. The predicted molar refractivity (Wildman–Crippen MR) is 126 cm³/mol.